The molecule has 3 aromatic carbocycles. The van der Waals surface area contributed by atoms with Crippen LogP contribution in [0.5, 0.6) is 11.5 Å². The van der Waals surface area contributed by atoms with Crippen molar-refractivity contribution in [2.45, 2.75) is 6.61 Å². The molecular formula is C24H17ClN2O5S2. The first-order valence-corrected chi connectivity index (χ1v) is 11.5. The molecule has 0 aliphatic carbocycles. The fourth-order valence-electron chi connectivity index (χ4n) is 3.23. The lowest BCUT2D eigenvalue weighted by Crippen LogP contribution is -2.27. The number of thioether (sulfide) groups is 1. The normalized spacial score (nSPS) is 14.5. The summed E-state index contributed by atoms with van der Waals surface area (Å²) in [5.74, 6) is 0.811. The van der Waals surface area contributed by atoms with E-state index in [0.717, 1.165) is 5.56 Å². The summed E-state index contributed by atoms with van der Waals surface area (Å²) in [4.78, 5) is 25.4. The number of hydrogen-bond acceptors (Lipinski definition) is 7. The highest BCUT2D eigenvalue weighted by Gasteiger charge is 2.33. The maximum Gasteiger partial charge on any atom is 0.270 e. The van der Waals surface area contributed by atoms with Gasteiger partial charge in [0, 0.05) is 17.7 Å². The summed E-state index contributed by atoms with van der Waals surface area (Å²) in [5.41, 5.74) is 2.06. The number of carbonyl (C=O) groups is 1. The van der Waals surface area contributed by atoms with Crippen LogP contribution in [0.25, 0.3) is 6.08 Å². The third kappa shape index (κ3) is 5.06. The van der Waals surface area contributed by atoms with Crippen molar-refractivity contribution in [3.63, 3.8) is 0 Å². The molecule has 0 unspecified atom stereocenters. The number of carbonyl (C=O) groups excluding carboxylic acids is 1. The van der Waals surface area contributed by atoms with E-state index in [9.17, 15) is 14.9 Å². The molecule has 3 aromatic rings. The van der Waals surface area contributed by atoms with Gasteiger partial charge in [0.1, 0.15) is 18.1 Å². The van der Waals surface area contributed by atoms with Crippen molar-refractivity contribution in [3.05, 3.63) is 97.9 Å². The van der Waals surface area contributed by atoms with Crippen molar-refractivity contribution in [1.82, 2.24) is 0 Å². The van der Waals surface area contributed by atoms with Crippen LogP contribution in [0.3, 0.4) is 0 Å². The Morgan fingerprint density at radius 3 is 2.53 bits per heavy atom. The predicted octanol–water partition coefficient (Wildman–Crippen LogP) is 6.24. The number of rotatable bonds is 7. The molecule has 1 heterocycles. The highest BCUT2D eigenvalue weighted by atomic mass is 35.5. The largest absolute Gasteiger partial charge is 0.495 e. The van der Waals surface area contributed by atoms with Crippen LogP contribution in [0.1, 0.15) is 11.1 Å². The van der Waals surface area contributed by atoms with Crippen LogP contribution in [-0.4, -0.2) is 22.3 Å². The first kappa shape index (κ1) is 23.7. The van der Waals surface area contributed by atoms with Gasteiger partial charge in [-0.3, -0.25) is 19.8 Å². The lowest BCUT2D eigenvalue weighted by atomic mass is 10.1. The van der Waals surface area contributed by atoms with E-state index in [4.69, 9.17) is 33.3 Å². The molecule has 0 spiro atoms. The van der Waals surface area contributed by atoms with Crippen LogP contribution in [0.2, 0.25) is 5.02 Å². The Hall–Kier alpha value is -3.40. The number of nitro benzene ring substituents is 1. The van der Waals surface area contributed by atoms with Crippen LogP contribution in [0.4, 0.5) is 11.4 Å². The Morgan fingerprint density at radius 1 is 1.12 bits per heavy atom. The Bertz CT molecular complexity index is 1310. The van der Waals surface area contributed by atoms with Gasteiger partial charge in [0.25, 0.3) is 11.6 Å². The first-order valence-electron chi connectivity index (χ1n) is 9.94. The molecule has 0 N–H and O–H groups in total. The molecule has 10 heteroatoms. The van der Waals surface area contributed by atoms with Crippen molar-refractivity contribution in [2.75, 3.05) is 12.0 Å². The fourth-order valence-corrected chi connectivity index (χ4v) is 4.77. The van der Waals surface area contributed by atoms with Gasteiger partial charge in [0.15, 0.2) is 4.32 Å². The molecule has 0 aromatic heterocycles. The van der Waals surface area contributed by atoms with E-state index in [-0.39, 0.29) is 18.2 Å². The zero-order chi connectivity index (χ0) is 24.2. The van der Waals surface area contributed by atoms with Gasteiger partial charge in [-0.15, -0.1) is 0 Å². The van der Waals surface area contributed by atoms with Crippen molar-refractivity contribution >= 4 is 63.3 Å². The molecule has 1 aliphatic rings. The lowest BCUT2D eigenvalue weighted by Gasteiger charge is -2.15. The highest BCUT2D eigenvalue weighted by Crippen LogP contribution is 2.39. The van der Waals surface area contributed by atoms with Crippen LogP contribution in [0, 0.1) is 10.1 Å². The van der Waals surface area contributed by atoms with Gasteiger partial charge in [0.2, 0.25) is 0 Å². The molecule has 1 aliphatic heterocycles. The molecule has 7 nitrogen and oxygen atoms in total. The maximum absolute atomic E-state index is 13.1. The molecule has 0 bridgehead atoms. The third-order valence-electron chi connectivity index (χ3n) is 4.93. The minimum absolute atomic E-state index is 0.0179. The number of benzene rings is 3. The van der Waals surface area contributed by atoms with Gasteiger partial charge >= 0.3 is 0 Å². The molecule has 0 radical (unpaired) electrons. The van der Waals surface area contributed by atoms with E-state index in [2.05, 4.69) is 0 Å². The maximum atomic E-state index is 13.1. The smallest absolute Gasteiger partial charge is 0.270 e. The second-order valence-electron chi connectivity index (χ2n) is 7.09. The molecular weight excluding hydrogens is 496 g/mol. The topological polar surface area (TPSA) is 81.9 Å². The SMILES string of the molecule is COc1ccc(N2C(=O)/C(=C/c3ccccc3OCc3ccc([N+](=O)[O-])cc3)SC2=S)cc1Cl. The summed E-state index contributed by atoms with van der Waals surface area (Å²) in [7, 11) is 1.52. The summed E-state index contributed by atoms with van der Waals surface area (Å²) in [6, 6.07) is 18.5. The minimum atomic E-state index is -0.448. The lowest BCUT2D eigenvalue weighted by molar-refractivity contribution is -0.384. The number of amides is 1. The number of para-hydroxylation sites is 1. The molecule has 0 atom stereocenters. The quantitative estimate of drug-likeness (QED) is 0.160. The zero-order valence-corrected chi connectivity index (χ0v) is 20.2. The Morgan fingerprint density at radius 2 is 1.85 bits per heavy atom. The number of nitro groups is 1. The fraction of sp³-hybridized carbons (Fsp3) is 0.0833. The van der Waals surface area contributed by atoms with Crippen molar-refractivity contribution in [1.29, 1.82) is 0 Å². The van der Waals surface area contributed by atoms with Gasteiger partial charge in [0.05, 0.1) is 27.6 Å². The van der Waals surface area contributed by atoms with Crippen LogP contribution in [0.15, 0.2) is 71.6 Å². The molecule has 1 fully saturated rings. The van der Waals surface area contributed by atoms with E-state index >= 15 is 0 Å². The molecule has 172 valence electrons. The molecule has 4 rings (SSSR count). The van der Waals surface area contributed by atoms with E-state index < -0.39 is 4.92 Å². The van der Waals surface area contributed by atoms with Crippen molar-refractivity contribution < 1.29 is 19.2 Å². The second kappa shape index (κ2) is 10.3. The van der Waals surface area contributed by atoms with Crippen LogP contribution in [-0.2, 0) is 11.4 Å². The number of ether oxygens (including phenoxy) is 2. The van der Waals surface area contributed by atoms with Crippen molar-refractivity contribution in [3.8, 4) is 11.5 Å². The second-order valence-corrected chi connectivity index (χ2v) is 9.17. The van der Waals surface area contributed by atoms with Gasteiger partial charge in [-0.1, -0.05) is 53.8 Å². The highest BCUT2D eigenvalue weighted by molar-refractivity contribution is 8.27. The van der Waals surface area contributed by atoms with E-state index in [1.807, 2.05) is 18.2 Å². The van der Waals surface area contributed by atoms with Crippen LogP contribution >= 0.6 is 35.6 Å². The standard InChI is InChI=1S/C24H17ClN2O5S2/c1-31-21-11-10-18(13-19(21)25)26-23(28)22(34-24(26)33)12-16-4-2-3-5-20(16)32-14-15-6-8-17(9-7-15)27(29)30/h2-13H,14H2,1H3/b22-12-. The monoisotopic (exact) mass is 512 g/mol. The summed E-state index contributed by atoms with van der Waals surface area (Å²) < 4.78 is 11.5. The van der Waals surface area contributed by atoms with E-state index in [0.29, 0.717) is 37.0 Å². The predicted molar refractivity (Wildman–Crippen MR) is 138 cm³/mol. The average Bonchev–Trinajstić information content (AvgIpc) is 3.11. The molecule has 0 saturated carbocycles. The van der Waals surface area contributed by atoms with Gasteiger partial charge < -0.3 is 9.47 Å². The number of thiocarbonyl (C=S) groups is 1. The number of halogens is 1. The number of nitrogens with zero attached hydrogens (tertiary/aromatic N) is 2. The average molecular weight is 513 g/mol. The summed E-state index contributed by atoms with van der Waals surface area (Å²) in [6.45, 7) is 0.216. The third-order valence-corrected chi connectivity index (χ3v) is 6.53. The van der Waals surface area contributed by atoms with Gasteiger partial charge in [-0.05, 0) is 48.0 Å². The summed E-state index contributed by atoms with van der Waals surface area (Å²) in [5, 5.41) is 11.2. The molecule has 1 amide bonds. The van der Waals surface area contributed by atoms with Crippen LogP contribution < -0.4 is 14.4 Å². The number of hydrogen-bond donors (Lipinski definition) is 0. The first-order chi connectivity index (χ1) is 16.4. The number of anilines is 1. The van der Waals surface area contributed by atoms with Gasteiger partial charge in [-0.2, -0.15) is 0 Å². The summed E-state index contributed by atoms with van der Waals surface area (Å²) >= 11 is 12.9. The Labute approximate surface area is 210 Å². The molecule has 1 saturated heterocycles. The van der Waals surface area contributed by atoms with Gasteiger partial charge in [-0.25, -0.2) is 0 Å². The van der Waals surface area contributed by atoms with E-state index in [1.54, 1.807) is 42.5 Å². The summed E-state index contributed by atoms with van der Waals surface area (Å²) in [6.07, 6.45) is 1.73. The Kier molecular flexibility index (Phi) is 7.16. The minimum Gasteiger partial charge on any atom is -0.495 e. The molecule has 34 heavy (non-hydrogen) atoms. The number of methoxy groups -OCH3 is 1. The Balaban J connectivity index is 1.54. The number of non-ortho nitro benzene ring substituents is 1. The van der Waals surface area contributed by atoms with Crippen molar-refractivity contribution in [2.24, 2.45) is 0 Å². The zero-order valence-electron chi connectivity index (χ0n) is 17.8. The van der Waals surface area contributed by atoms with E-state index in [1.165, 1.54) is 35.9 Å².